The van der Waals surface area contributed by atoms with Gasteiger partial charge in [-0.1, -0.05) is 0 Å². The van der Waals surface area contributed by atoms with Crippen LogP contribution in [0.2, 0.25) is 0 Å². The van der Waals surface area contributed by atoms with Crippen molar-refractivity contribution in [3.05, 3.63) is 29.8 Å². The molecule has 0 aliphatic heterocycles. The van der Waals surface area contributed by atoms with Gasteiger partial charge in [-0.25, -0.2) is 21.9 Å². The Kier molecular flexibility index (Phi) is 4.61. The van der Waals surface area contributed by atoms with E-state index in [4.69, 9.17) is 0 Å². The first-order chi connectivity index (χ1) is 7.97. The second-order valence-corrected chi connectivity index (χ2v) is 4.88. The highest BCUT2D eigenvalue weighted by Gasteiger charge is 2.18. The Labute approximate surface area is 98.9 Å². The lowest BCUT2D eigenvalue weighted by Crippen LogP contribution is -2.25. The van der Waals surface area contributed by atoms with Crippen LogP contribution in [0.15, 0.2) is 23.1 Å². The van der Waals surface area contributed by atoms with Gasteiger partial charge in [0.05, 0.1) is 0 Å². The third-order valence-electron chi connectivity index (χ3n) is 1.90. The number of nitrogens with one attached hydrogen (secondary N) is 1. The minimum Gasteiger partial charge on any atom is -0.210 e. The van der Waals surface area contributed by atoms with Crippen LogP contribution in [-0.2, 0) is 10.0 Å². The van der Waals surface area contributed by atoms with Crippen molar-refractivity contribution in [3.63, 3.8) is 0 Å². The van der Waals surface area contributed by atoms with E-state index < -0.39 is 26.6 Å². The highest BCUT2D eigenvalue weighted by Crippen LogP contribution is 2.15. The Hall–Kier alpha value is -1.45. The first-order valence-electron chi connectivity index (χ1n) is 4.81. The summed E-state index contributed by atoms with van der Waals surface area (Å²) in [6.45, 7) is 1.68. The summed E-state index contributed by atoms with van der Waals surface area (Å²) in [5, 5.41) is 0. The Bertz CT molecular complexity index is 559. The normalized spacial score (nSPS) is 10.8. The van der Waals surface area contributed by atoms with Crippen molar-refractivity contribution in [2.24, 2.45) is 0 Å². The first kappa shape index (κ1) is 13.6. The Morgan fingerprint density at radius 2 is 2.06 bits per heavy atom. The zero-order chi connectivity index (χ0) is 12.9. The molecule has 1 aromatic carbocycles. The summed E-state index contributed by atoms with van der Waals surface area (Å²) in [5.41, 5.74) is 0. The van der Waals surface area contributed by atoms with Gasteiger partial charge in [-0.2, -0.15) is 0 Å². The fourth-order valence-electron chi connectivity index (χ4n) is 1.13. The average molecular weight is 259 g/mol. The van der Waals surface area contributed by atoms with Gasteiger partial charge in [0, 0.05) is 13.0 Å². The Balaban J connectivity index is 2.88. The van der Waals surface area contributed by atoms with Gasteiger partial charge in [0.2, 0.25) is 10.0 Å². The van der Waals surface area contributed by atoms with Gasteiger partial charge in [-0.05, 0) is 25.1 Å². The number of hydrogen-bond donors (Lipinski definition) is 1. The molecule has 0 aliphatic rings. The topological polar surface area (TPSA) is 46.2 Å². The van der Waals surface area contributed by atoms with E-state index in [0.29, 0.717) is 12.5 Å². The summed E-state index contributed by atoms with van der Waals surface area (Å²) >= 11 is 0. The molecule has 6 heteroatoms. The highest BCUT2D eigenvalue weighted by atomic mass is 32.2. The van der Waals surface area contributed by atoms with Gasteiger partial charge >= 0.3 is 0 Å². The third kappa shape index (κ3) is 3.80. The van der Waals surface area contributed by atoms with Crippen molar-refractivity contribution in [3.8, 4) is 11.8 Å². The van der Waals surface area contributed by atoms with Crippen LogP contribution in [0.1, 0.15) is 13.3 Å². The number of benzene rings is 1. The molecule has 1 rings (SSSR count). The maximum absolute atomic E-state index is 13.2. The van der Waals surface area contributed by atoms with Gasteiger partial charge in [0.15, 0.2) is 0 Å². The van der Waals surface area contributed by atoms with E-state index in [1.54, 1.807) is 6.92 Å². The van der Waals surface area contributed by atoms with Gasteiger partial charge < -0.3 is 0 Å². The molecule has 3 nitrogen and oxygen atoms in total. The van der Waals surface area contributed by atoms with Crippen LogP contribution in [-0.4, -0.2) is 15.0 Å². The Morgan fingerprint density at radius 3 is 2.71 bits per heavy atom. The summed E-state index contributed by atoms with van der Waals surface area (Å²) in [5.74, 6) is 3.46. The monoisotopic (exact) mass is 259 g/mol. The summed E-state index contributed by atoms with van der Waals surface area (Å²) in [6.07, 6.45) is 0.312. The summed E-state index contributed by atoms with van der Waals surface area (Å²) < 4.78 is 51.4. The van der Waals surface area contributed by atoms with Crippen LogP contribution >= 0.6 is 0 Å². The van der Waals surface area contributed by atoms with E-state index in [9.17, 15) is 17.2 Å². The van der Waals surface area contributed by atoms with E-state index in [1.165, 1.54) is 0 Å². The average Bonchev–Trinajstić information content (AvgIpc) is 2.28. The largest absolute Gasteiger partial charge is 0.243 e. The molecule has 0 heterocycles. The molecular formula is C11H11F2NO2S. The number of halogens is 2. The standard InChI is InChI=1S/C11H11F2NO2S/c1-2-3-4-7-14-17(15,16)11-8-9(12)5-6-10(11)13/h5-6,8,14H,4,7H2,1H3. The molecule has 0 saturated carbocycles. The van der Waals surface area contributed by atoms with Gasteiger partial charge in [-0.15, -0.1) is 11.8 Å². The minimum atomic E-state index is -4.03. The van der Waals surface area contributed by atoms with Crippen molar-refractivity contribution >= 4 is 10.0 Å². The molecule has 0 spiro atoms. The fraction of sp³-hybridized carbons (Fsp3) is 0.273. The quantitative estimate of drug-likeness (QED) is 0.660. The molecule has 0 bridgehead atoms. The fourth-order valence-corrected chi connectivity index (χ4v) is 2.25. The smallest absolute Gasteiger partial charge is 0.210 e. The van der Waals surface area contributed by atoms with Crippen LogP contribution in [0.4, 0.5) is 8.78 Å². The molecule has 0 aliphatic carbocycles. The van der Waals surface area contributed by atoms with Gasteiger partial charge in [0.25, 0.3) is 0 Å². The molecular weight excluding hydrogens is 248 g/mol. The molecule has 0 saturated heterocycles. The van der Waals surface area contributed by atoms with Crippen molar-refractivity contribution < 1.29 is 17.2 Å². The van der Waals surface area contributed by atoms with E-state index in [-0.39, 0.29) is 6.54 Å². The lowest BCUT2D eigenvalue weighted by atomic mass is 10.3. The predicted molar refractivity (Wildman–Crippen MR) is 59.6 cm³/mol. The van der Waals surface area contributed by atoms with E-state index in [2.05, 4.69) is 16.6 Å². The molecule has 92 valence electrons. The number of sulfonamides is 1. The maximum atomic E-state index is 13.2. The lowest BCUT2D eigenvalue weighted by Gasteiger charge is -2.06. The van der Waals surface area contributed by atoms with Crippen molar-refractivity contribution in [1.29, 1.82) is 0 Å². The Morgan fingerprint density at radius 1 is 1.35 bits per heavy atom. The second-order valence-electron chi connectivity index (χ2n) is 3.15. The first-order valence-corrected chi connectivity index (χ1v) is 6.30. The van der Waals surface area contributed by atoms with Crippen LogP contribution in [0, 0.1) is 23.5 Å². The van der Waals surface area contributed by atoms with E-state index in [0.717, 1.165) is 12.1 Å². The number of hydrogen-bond acceptors (Lipinski definition) is 2. The van der Waals surface area contributed by atoms with E-state index >= 15 is 0 Å². The molecule has 0 amide bonds. The molecule has 0 radical (unpaired) electrons. The molecule has 0 fully saturated rings. The minimum absolute atomic E-state index is 0.0547. The summed E-state index contributed by atoms with van der Waals surface area (Å²) in [4.78, 5) is -0.693. The summed E-state index contributed by atoms with van der Waals surface area (Å²) in [6, 6.07) is 2.27. The zero-order valence-corrected chi connectivity index (χ0v) is 9.94. The molecule has 1 aromatic rings. The highest BCUT2D eigenvalue weighted by molar-refractivity contribution is 7.89. The molecule has 0 unspecified atom stereocenters. The van der Waals surface area contributed by atoms with Crippen molar-refractivity contribution in [1.82, 2.24) is 4.72 Å². The van der Waals surface area contributed by atoms with Gasteiger partial charge in [-0.3, -0.25) is 0 Å². The van der Waals surface area contributed by atoms with Gasteiger partial charge in [0.1, 0.15) is 16.5 Å². The molecule has 0 atom stereocenters. The van der Waals surface area contributed by atoms with Crippen molar-refractivity contribution in [2.45, 2.75) is 18.2 Å². The van der Waals surface area contributed by atoms with Crippen molar-refractivity contribution in [2.75, 3.05) is 6.54 Å². The lowest BCUT2D eigenvalue weighted by molar-refractivity contribution is 0.546. The maximum Gasteiger partial charge on any atom is 0.243 e. The van der Waals surface area contributed by atoms with Crippen LogP contribution in [0.25, 0.3) is 0 Å². The molecule has 0 aromatic heterocycles. The second kappa shape index (κ2) is 5.75. The van der Waals surface area contributed by atoms with Crippen LogP contribution < -0.4 is 4.72 Å². The number of rotatable bonds is 4. The predicted octanol–water partition coefficient (Wildman–Crippen LogP) is 1.66. The van der Waals surface area contributed by atoms with Crippen LogP contribution in [0.5, 0.6) is 0 Å². The molecule has 17 heavy (non-hydrogen) atoms. The third-order valence-corrected chi connectivity index (χ3v) is 3.38. The summed E-state index contributed by atoms with van der Waals surface area (Å²) in [7, 11) is -4.03. The van der Waals surface area contributed by atoms with E-state index in [1.807, 2.05) is 0 Å². The molecule has 1 N–H and O–H groups in total. The van der Waals surface area contributed by atoms with Crippen LogP contribution in [0.3, 0.4) is 0 Å². The zero-order valence-electron chi connectivity index (χ0n) is 9.13. The SMILES string of the molecule is CC#CCCNS(=O)(=O)c1cc(F)ccc1F.